The summed E-state index contributed by atoms with van der Waals surface area (Å²) in [5.41, 5.74) is 0.495. The Morgan fingerprint density at radius 1 is 1.38 bits per heavy atom. The first-order chi connectivity index (χ1) is 9.89. The van der Waals surface area contributed by atoms with Gasteiger partial charge in [0.15, 0.2) is 5.65 Å². The molecule has 21 heavy (non-hydrogen) atoms. The van der Waals surface area contributed by atoms with Crippen LogP contribution in [0.1, 0.15) is 26.6 Å². The normalized spacial score (nSPS) is 12.3. The minimum absolute atomic E-state index is 0.0809. The molecule has 2 N–H and O–H groups in total. The molecule has 0 amide bonds. The molecule has 0 aromatic carbocycles. The fourth-order valence-corrected chi connectivity index (χ4v) is 1.99. The number of hydrogen-bond donors (Lipinski definition) is 2. The van der Waals surface area contributed by atoms with Gasteiger partial charge in [-0.3, -0.25) is 9.58 Å². The van der Waals surface area contributed by atoms with Crippen LogP contribution >= 0.6 is 0 Å². The third-order valence-electron chi connectivity index (χ3n) is 3.78. The molecule has 0 saturated carbocycles. The quantitative estimate of drug-likeness (QED) is 0.827. The predicted octanol–water partition coefficient (Wildman–Crippen LogP) is 0.998. The maximum atomic E-state index is 9.46. The molecule has 7 nitrogen and oxygen atoms in total. The molecule has 0 atom stereocenters. The van der Waals surface area contributed by atoms with E-state index in [9.17, 15) is 5.11 Å². The van der Waals surface area contributed by atoms with Crippen molar-refractivity contribution in [3.63, 3.8) is 0 Å². The summed E-state index contributed by atoms with van der Waals surface area (Å²) in [6, 6.07) is 0. The number of rotatable bonds is 6. The van der Waals surface area contributed by atoms with Crippen LogP contribution in [0.2, 0.25) is 0 Å². The van der Waals surface area contributed by atoms with E-state index in [1.54, 1.807) is 10.9 Å². The minimum Gasteiger partial charge on any atom is -0.394 e. The number of hydrogen-bond acceptors (Lipinski definition) is 6. The Hall–Kier alpha value is -1.73. The van der Waals surface area contributed by atoms with Crippen LogP contribution in [0.4, 0.5) is 5.82 Å². The summed E-state index contributed by atoms with van der Waals surface area (Å²) in [6.07, 6.45) is 1.78. The zero-order valence-corrected chi connectivity index (χ0v) is 13.4. The van der Waals surface area contributed by atoms with Crippen LogP contribution < -0.4 is 5.32 Å². The van der Waals surface area contributed by atoms with Gasteiger partial charge in [0.05, 0.1) is 24.7 Å². The lowest BCUT2D eigenvalue weighted by atomic mass is 10.1. The lowest BCUT2D eigenvalue weighted by Crippen LogP contribution is -2.44. The molecule has 0 aliphatic rings. The van der Waals surface area contributed by atoms with Crippen LogP contribution in [0.5, 0.6) is 0 Å². The zero-order valence-electron chi connectivity index (χ0n) is 13.4. The maximum Gasteiger partial charge on any atom is 0.163 e. The van der Waals surface area contributed by atoms with Crippen molar-refractivity contribution in [2.75, 3.05) is 25.5 Å². The molecule has 0 spiro atoms. The number of anilines is 1. The minimum atomic E-state index is -0.316. The van der Waals surface area contributed by atoms with E-state index in [-0.39, 0.29) is 12.1 Å². The summed E-state index contributed by atoms with van der Waals surface area (Å²) in [5, 5.41) is 17.9. The van der Waals surface area contributed by atoms with Crippen LogP contribution in [-0.2, 0) is 13.6 Å². The first-order valence-corrected chi connectivity index (χ1v) is 7.13. The number of nitrogens with one attached hydrogen (secondary N) is 1. The molecule has 2 heterocycles. The molecular weight excluding hydrogens is 268 g/mol. The summed E-state index contributed by atoms with van der Waals surface area (Å²) in [5.74, 6) is 1.52. The molecule has 2 aromatic rings. The van der Waals surface area contributed by atoms with E-state index in [0.29, 0.717) is 12.4 Å². The lowest BCUT2D eigenvalue weighted by Gasteiger charge is -2.33. The number of aliphatic hydroxyl groups is 1. The molecule has 0 aliphatic heterocycles. The second kappa shape index (κ2) is 5.95. The van der Waals surface area contributed by atoms with Gasteiger partial charge in [-0.25, -0.2) is 9.97 Å². The van der Waals surface area contributed by atoms with Gasteiger partial charge < -0.3 is 10.4 Å². The Kier molecular flexibility index (Phi) is 4.43. The molecule has 0 aliphatic carbocycles. The Morgan fingerprint density at radius 2 is 2.10 bits per heavy atom. The Labute approximate surface area is 125 Å². The highest BCUT2D eigenvalue weighted by atomic mass is 16.3. The molecule has 0 unspecified atom stereocenters. The van der Waals surface area contributed by atoms with E-state index in [4.69, 9.17) is 0 Å². The third kappa shape index (κ3) is 3.14. The van der Waals surface area contributed by atoms with E-state index in [1.807, 2.05) is 39.8 Å². The van der Waals surface area contributed by atoms with Crippen molar-refractivity contribution in [1.82, 2.24) is 24.6 Å². The Bertz CT molecular complexity index is 621. The van der Waals surface area contributed by atoms with Crippen LogP contribution in [-0.4, -0.2) is 55.5 Å². The molecule has 0 saturated heterocycles. The van der Waals surface area contributed by atoms with Crippen LogP contribution in [0.3, 0.4) is 0 Å². The van der Waals surface area contributed by atoms with E-state index in [1.165, 1.54) is 0 Å². The Balaban J connectivity index is 2.38. The van der Waals surface area contributed by atoms with Gasteiger partial charge in [0.1, 0.15) is 11.6 Å². The highest BCUT2D eigenvalue weighted by molar-refractivity contribution is 5.86. The number of nitrogens with zero attached hydrogens (tertiary/aromatic N) is 5. The average molecular weight is 292 g/mol. The first-order valence-electron chi connectivity index (χ1n) is 7.13. The number of fused-ring (bicyclic) bond motifs is 1. The highest BCUT2D eigenvalue weighted by Gasteiger charge is 2.23. The topological polar surface area (TPSA) is 79.1 Å². The maximum absolute atomic E-state index is 9.46. The molecule has 2 rings (SSSR count). The van der Waals surface area contributed by atoms with Crippen LogP contribution in [0.15, 0.2) is 6.20 Å². The van der Waals surface area contributed by atoms with Crippen molar-refractivity contribution in [3.8, 4) is 0 Å². The molecular formula is C14H24N6O. The third-order valence-corrected chi connectivity index (χ3v) is 3.78. The molecule has 0 bridgehead atoms. The van der Waals surface area contributed by atoms with E-state index in [0.717, 1.165) is 23.4 Å². The molecule has 7 heteroatoms. The van der Waals surface area contributed by atoms with Gasteiger partial charge in [-0.1, -0.05) is 0 Å². The van der Waals surface area contributed by atoms with Crippen LogP contribution in [0.25, 0.3) is 11.0 Å². The van der Waals surface area contributed by atoms with Crippen molar-refractivity contribution in [3.05, 3.63) is 12.0 Å². The summed E-state index contributed by atoms with van der Waals surface area (Å²) in [4.78, 5) is 11.2. The fraction of sp³-hybridized carbons (Fsp3) is 0.643. The number of aromatic nitrogens is 4. The first kappa shape index (κ1) is 15.7. The van der Waals surface area contributed by atoms with Gasteiger partial charge in [0.25, 0.3) is 0 Å². The van der Waals surface area contributed by atoms with E-state index in [2.05, 4.69) is 20.4 Å². The van der Waals surface area contributed by atoms with Gasteiger partial charge in [0, 0.05) is 19.1 Å². The summed E-state index contributed by atoms with van der Waals surface area (Å²) < 4.78 is 1.75. The van der Waals surface area contributed by atoms with Crippen molar-refractivity contribution in [2.24, 2.45) is 7.05 Å². The number of likely N-dealkylation sites (N-methyl/N-ethyl adjacent to an activating group) is 1. The monoisotopic (exact) mass is 292 g/mol. The predicted molar refractivity (Wildman–Crippen MR) is 83.1 cm³/mol. The van der Waals surface area contributed by atoms with E-state index < -0.39 is 0 Å². The van der Waals surface area contributed by atoms with Crippen molar-refractivity contribution < 1.29 is 5.11 Å². The number of aryl methyl sites for hydroxylation is 1. The smallest absolute Gasteiger partial charge is 0.163 e. The summed E-state index contributed by atoms with van der Waals surface area (Å²) >= 11 is 0. The van der Waals surface area contributed by atoms with Gasteiger partial charge >= 0.3 is 0 Å². The molecule has 116 valence electrons. The number of aliphatic hydroxyl groups excluding tert-OH is 1. The standard InChI is InChI=1S/C14H24N6O/c1-6-15-12-10-7-16-20(5)13(10)18-11(17-12)8-19(4)14(2,3)9-21/h7,21H,6,8-9H2,1-5H3,(H,15,17,18). The second-order valence-electron chi connectivity index (χ2n) is 5.85. The summed E-state index contributed by atoms with van der Waals surface area (Å²) in [7, 11) is 3.83. The molecule has 0 radical (unpaired) electrons. The zero-order chi connectivity index (χ0) is 15.6. The van der Waals surface area contributed by atoms with Crippen LogP contribution in [0, 0.1) is 0 Å². The van der Waals surface area contributed by atoms with Gasteiger partial charge in [-0.2, -0.15) is 5.10 Å². The fourth-order valence-electron chi connectivity index (χ4n) is 1.99. The van der Waals surface area contributed by atoms with Gasteiger partial charge in [-0.15, -0.1) is 0 Å². The molecule has 0 fully saturated rings. The lowest BCUT2D eigenvalue weighted by molar-refractivity contribution is 0.0715. The van der Waals surface area contributed by atoms with Gasteiger partial charge in [0.2, 0.25) is 0 Å². The second-order valence-corrected chi connectivity index (χ2v) is 5.85. The van der Waals surface area contributed by atoms with Crippen molar-refractivity contribution in [1.29, 1.82) is 0 Å². The SMILES string of the molecule is CCNc1nc(CN(C)C(C)(C)CO)nc2c1cnn2C. The van der Waals surface area contributed by atoms with E-state index >= 15 is 0 Å². The van der Waals surface area contributed by atoms with Crippen molar-refractivity contribution >= 4 is 16.9 Å². The average Bonchev–Trinajstić information content (AvgIpc) is 2.81. The largest absolute Gasteiger partial charge is 0.394 e. The highest BCUT2D eigenvalue weighted by Crippen LogP contribution is 2.21. The summed E-state index contributed by atoms with van der Waals surface area (Å²) in [6.45, 7) is 7.44. The van der Waals surface area contributed by atoms with Gasteiger partial charge in [-0.05, 0) is 27.8 Å². The molecule has 2 aromatic heterocycles. The Morgan fingerprint density at radius 3 is 2.71 bits per heavy atom. The van der Waals surface area contributed by atoms with Crippen molar-refractivity contribution in [2.45, 2.75) is 32.9 Å².